The summed E-state index contributed by atoms with van der Waals surface area (Å²) in [6.45, 7) is 1.70. The second-order valence-corrected chi connectivity index (χ2v) is 8.18. The Kier molecular flexibility index (Phi) is 5.45. The molecule has 6 nitrogen and oxygen atoms in total. The Balaban J connectivity index is 1.33. The standard InChI is InChI=1S/C20H29FN4O2/c21-16-7-2-1-5-14(16)12-25-10-4-9-20(27,19(25)26)13-22-11-18-15-6-3-8-17(15)23-24-18/h1-2,5,7,15,17-18,22-24,27H,3-4,6,8-13H2. The van der Waals surface area contributed by atoms with Gasteiger partial charge >= 0.3 is 0 Å². The highest BCUT2D eigenvalue weighted by molar-refractivity contribution is 5.86. The fraction of sp³-hybridized carbons (Fsp3) is 0.650. The lowest BCUT2D eigenvalue weighted by atomic mass is 9.90. The van der Waals surface area contributed by atoms with Gasteiger partial charge in [0.2, 0.25) is 0 Å². The van der Waals surface area contributed by atoms with Crippen LogP contribution in [-0.2, 0) is 11.3 Å². The van der Waals surface area contributed by atoms with Crippen molar-refractivity contribution in [3.05, 3.63) is 35.6 Å². The number of rotatable bonds is 6. The molecule has 1 aliphatic carbocycles. The van der Waals surface area contributed by atoms with Gasteiger partial charge in [0.1, 0.15) is 5.82 Å². The Morgan fingerprint density at radius 2 is 2.11 bits per heavy atom. The third-order valence-electron chi connectivity index (χ3n) is 6.34. The minimum atomic E-state index is -1.41. The summed E-state index contributed by atoms with van der Waals surface area (Å²) in [5, 5.41) is 14.2. The van der Waals surface area contributed by atoms with Gasteiger partial charge in [0, 0.05) is 43.8 Å². The molecule has 0 radical (unpaired) electrons. The van der Waals surface area contributed by atoms with Crippen LogP contribution in [0.2, 0.25) is 0 Å². The molecular weight excluding hydrogens is 347 g/mol. The van der Waals surface area contributed by atoms with Crippen LogP contribution in [0.3, 0.4) is 0 Å². The predicted octanol–water partition coefficient (Wildman–Crippen LogP) is 0.914. The summed E-state index contributed by atoms with van der Waals surface area (Å²) in [5.74, 6) is -0.00373. The lowest BCUT2D eigenvalue weighted by Crippen LogP contribution is -2.58. The summed E-state index contributed by atoms with van der Waals surface area (Å²) in [6.07, 6.45) is 4.84. The zero-order valence-corrected chi connectivity index (χ0v) is 15.6. The summed E-state index contributed by atoms with van der Waals surface area (Å²) in [7, 11) is 0. The Labute approximate surface area is 159 Å². The number of carbonyl (C=O) groups excluding carboxylic acids is 1. The molecule has 0 aromatic heterocycles. The molecule has 2 heterocycles. The SMILES string of the molecule is O=C1N(Cc2ccccc2F)CCCC1(O)CNCC1NNC2CCCC21. The molecule has 4 unspecified atom stereocenters. The fourth-order valence-corrected chi connectivity index (χ4v) is 4.82. The van der Waals surface area contributed by atoms with Crippen LogP contribution in [0.15, 0.2) is 24.3 Å². The Hall–Kier alpha value is -1.54. The second-order valence-electron chi connectivity index (χ2n) is 8.18. The number of carbonyl (C=O) groups is 1. The van der Waals surface area contributed by atoms with Gasteiger partial charge < -0.3 is 15.3 Å². The molecule has 2 saturated heterocycles. The van der Waals surface area contributed by atoms with E-state index in [1.807, 2.05) is 0 Å². The van der Waals surface area contributed by atoms with Crippen LogP contribution in [0.5, 0.6) is 0 Å². The summed E-state index contributed by atoms with van der Waals surface area (Å²) >= 11 is 0. The zero-order chi connectivity index (χ0) is 18.9. The molecule has 4 rings (SSSR count). The number of halogens is 1. The molecule has 3 aliphatic rings. The number of hydrazine groups is 1. The van der Waals surface area contributed by atoms with Crippen molar-refractivity contribution >= 4 is 5.91 Å². The quantitative estimate of drug-likeness (QED) is 0.594. The molecular formula is C20H29FN4O2. The van der Waals surface area contributed by atoms with Gasteiger partial charge in [0.15, 0.2) is 5.60 Å². The Bertz CT molecular complexity index is 688. The highest BCUT2D eigenvalue weighted by Crippen LogP contribution is 2.31. The molecule has 1 aromatic rings. The van der Waals surface area contributed by atoms with Crippen molar-refractivity contribution in [2.45, 2.75) is 56.3 Å². The van der Waals surface area contributed by atoms with E-state index in [-0.39, 0.29) is 24.8 Å². The predicted molar refractivity (Wildman–Crippen MR) is 100 cm³/mol. The molecule has 1 aromatic carbocycles. The van der Waals surface area contributed by atoms with Crippen molar-refractivity contribution in [2.75, 3.05) is 19.6 Å². The summed E-state index contributed by atoms with van der Waals surface area (Å²) in [6, 6.07) is 7.36. The van der Waals surface area contributed by atoms with Gasteiger partial charge in [-0.25, -0.2) is 4.39 Å². The third kappa shape index (κ3) is 3.87. The maximum atomic E-state index is 13.9. The maximum absolute atomic E-state index is 13.9. The van der Waals surface area contributed by atoms with Crippen LogP contribution < -0.4 is 16.2 Å². The fourth-order valence-electron chi connectivity index (χ4n) is 4.82. The van der Waals surface area contributed by atoms with Crippen molar-refractivity contribution in [3.63, 3.8) is 0 Å². The van der Waals surface area contributed by atoms with Crippen LogP contribution in [0, 0.1) is 11.7 Å². The van der Waals surface area contributed by atoms with Crippen molar-refractivity contribution in [1.82, 2.24) is 21.1 Å². The van der Waals surface area contributed by atoms with Gasteiger partial charge in [-0.1, -0.05) is 24.6 Å². The van der Waals surface area contributed by atoms with Gasteiger partial charge in [-0.3, -0.25) is 15.6 Å². The van der Waals surface area contributed by atoms with E-state index in [0.717, 1.165) is 6.54 Å². The maximum Gasteiger partial charge on any atom is 0.256 e. The number of amides is 1. The molecule has 7 heteroatoms. The highest BCUT2D eigenvalue weighted by Gasteiger charge is 2.43. The Morgan fingerprint density at radius 3 is 2.96 bits per heavy atom. The van der Waals surface area contributed by atoms with Crippen molar-refractivity contribution in [3.8, 4) is 0 Å². The monoisotopic (exact) mass is 376 g/mol. The zero-order valence-electron chi connectivity index (χ0n) is 15.6. The lowest BCUT2D eigenvalue weighted by Gasteiger charge is -2.38. The molecule has 0 bridgehead atoms. The molecule has 148 valence electrons. The number of hydrogen-bond acceptors (Lipinski definition) is 5. The van der Waals surface area contributed by atoms with Gasteiger partial charge in [0.25, 0.3) is 5.91 Å². The number of likely N-dealkylation sites (tertiary alicyclic amines) is 1. The Morgan fingerprint density at radius 1 is 1.26 bits per heavy atom. The van der Waals surface area contributed by atoms with E-state index in [0.29, 0.717) is 43.0 Å². The van der Waals surface area contributed by atoms with Gasteiger partial charge in [-0.05, 0) is 37.7 Å². The smallest absolute Gasteiger partial charge is 0.256 e. The van der Waals surface area contributed by atoms with Crippen LogP contribution in [-0.4, -0.2) is 53.2 Å². The van der Waals surface area contributed by atoms with E-state index in [9.17, 15) is 14.3 Å². The third-order valence-corrected chi connectivity index (χ3v) is 6.34. The number of nitrogens with one attached hydrogen (secondary N) is 3. The summed E-state index contributed by atoms with van der Waals surface area (Å²) < 4.78 is 13.9. The summed E-state index contributed by atoms with van der Waals surface area (Å²) in [4.78, 5) is 14.4. The van der Waals surface area contributed by atoms with Crippen molar-refractivity contribution < 1.29 is 14.3 Å². The van der Waals surface area contributed by atoms with Crippen LogP contribution in [0.25, 0.3) is 0 Å². The van der Waals surface area contributed by atoms with Crippen molar-refractivity contribution in [1.29, 1.82) is 0 Å². The van der Waals surface area contributed by atoms with E-state index >= 15 is 0 Å². The average molecular weight is 376 g/mol. The van der Waals surface area contributed by atoms with Gasteiger partial charge in [-0.2, -0.15) is 0 Å². The lowest BCUT2D eigenvalue weighted by molar-refractivity contribution is -0.157. The first-order chi connectivity index (χ1) is 13.1. The summed E-state index contributed by atoms with van der Waals surface area (Å²) in [5.41, 5.74) is 5.76. The van der Waals surface area contributed by atoms with E-state index < -0.39 is 5.60 Å². The molecule has 4 N–H and O–H groups in total. The van der Waals surface area contributed by atoms with Crippen molar-refractivity contribution in [2.24, 2.45) is 5.92 Å². The van der Waals surface area contributed by atoms with Gasteiger partial charge in [0.05, 0.1) is 0 Å². The second kappa shape index (κ2) is 7.83. The molecule has 3 fully saturated rings. The normalized spacial score (nSPS) is 33.5. The topological polar surface area (TPSA) is 76.6 Å². The molecule has 27 heavy (non-hydrogen) atoms. The number of nitrogens with zero attached hydrogens (tertiary/aromatic N) is 1. The first-order valence-corrected chi connectivity index (χ1v) is 10.0. The minimum Gasteiger partial charge on any atom is -0.379 e. The first kappa shape index (κ1) is 18.8. The average Bonchev–Trinajstić information content (AvgIpc) is 3.26. The van der Waals surface area contributed by atoms with E-state index in [4.69, 9.17) is 0 Å². The number of fused-ring (bicyclic) bond motifs is 1. The van der Waals surface area contributed by atoms with Gasteiger partial charge in [-0.15, -0.1) is 0 Å². The number of piperidine rings is 1. The molecule has 4 atom stereocenters. The number of hydrogen-bond donors (Lipinski definition) is 4. The highest BCUT2D eigenvalue weighted by atomic mass is 19.1. The van der Waals surface area contributed by atoms with Crippen LogP contribution in [0.4, 0.5) is 4.39 Å². The van der Waals surface area contributed by atoms with E-state index in [1.165, 1.54) is 25.3 Å². The van der Waals surface area contributed by atoms with Crippen LogP contribution >= 0.6 is 0 Å². The molecule has 2 aliphatic heterocycles. The van der Waals surface area contributed by atoms with E-state index in [2.05, 4.69) is 16.2 Å². The number of benzene rings is 1. The number of aliphatic hydroxyl groups is 1. The van der Waals surface area contributed by atoms with E-state index in [1.54, 1.807) is 23.1 Å². The molecule has 0 spiro atoms. The minimum absolute atomic E-state index is 0.200. The van der Waals surface area contributed by atoms with Crippen LogP contribution in [0.1, 0.15) is 37.7 Å². The molecule has 1 amide bonds. The largest absolute Gasteiger partial charge is 0.379 e. The first-order valence-electron chi connectivity index (χ1n) is 10.0. The molecule has 1 saturated carbocycles.